The minimum Gasteiger partial charge on any atom is -0.481 e. The van der Waals surface area contributed by atoms with E-state index in [0.29, 0.717) is 16.4 Å². The Bertz CT molecular complexity index is 631. The largest absolute Gasteiger partial charge is 0.481 e. The number of aliphatic carboxylic acids is 1. The number of carbonyl (C=O) groups excluding carboxylic acids is 1. The van der Waals surface area contributed by atoms with Gasteiger partial charge in [-0.3, -0.25) is 14.9 Å². The van der Waals surface area contributed by atoms with Gasteiger partial charge in [-0.05, 0) is 19.9 Å². The Hall–Kier alpha value is -1.73. The van der Waals surface area contributed by atoms with Gasteiger partial charge in [0.2, 0.25) is 0 Å². The van der Waals surface area contributed by atoms with E-state index in [1.807, 2.05) is 19.9 Å². The molecule has 0 spiro atoms. The molecule has 0 saturated carbocycles. The third-order valence-electron chi connectivity index (χ3n) is 2.39. The number of nitrogens with zero attached hydrogens (tertiary/aromatic N) is 1. The van der Waals surface area contributed by atoms with E-state index in [-0.39, 0.29) is 12.3 Å². The molecule has 1 amide bonds. The molecular formula is C12H12N2O3S2. The zero-order valence-electron chi connectivity index (χ0n) is 10.4. The summed E-state index contributed by atoms with van der Waals surface area (Å²) >= 11 is 2.79. The lowest BCUT2D eigenvalue weighted by atomic mass is 10.2. The summed E-state index contributed by atoms with van der Waals surface area (Å²) in [7, 11) is 0. The Balaban J connectivity index is 2.09. The number of amides is 1. The number of aryl methyl sites for hydroxylation is 2. The van der Waals surface area contributed by atoms with Crippen LogP contribution in [-0.2, 0) is 11.2 Å². The first kappa shape index (κ1) is 13.7. The van der Waals surface area contributed by atoms with Gasteiger partial charge in [0.15, 0.2) is 5.13 Å². The Morgan fingerprint density at radius 2 is 2.16 bits per heavy atom. The van der Waals surface area contributed by atoms with E-state index in [4.69, 9.17) is 5.11 Å². The first-order chi connectivity index (χ1) is 8.95. The summed E-state index contributed by atoms with van der Waals surface area (Å²) < 4.78 is 0. The highest BCUT2D eigenvalue weighted by Gasteiger charge is 2.14. The highest BCUT2D eigenvalue weighted by Crippen LogP contribution is 2.23. The number of carbonyl (C=O) groups is 2. The summed E-state index contributed by atoms with van der Waals surface area (Å²) in [6.45, 7) is 3.84. The first-order valence-electron chi connectivity index (χ1n) is 5.50. The predicted octanol–water partition coefficient (Wildman–Crippen LogP) is 2.70. The smallest absolute Gasteiger partial charge is 0.309 e. The molecule has 0 saturated heterocycles. The molecule has 0 fully saturated rings. The van der Waals surface area contributed by atoms with Crippen molar-refractivity contribution in [3.63, 3.8) is 0 Å². The van der Waals surface area contributed by atoms with Gasteiger partial charge in [0, 0.05) is 15.1 Å². The summed E-state index contributed by atoms with van der Waals surface area (Å²) in [5.74, 6) is -1.15. The number of rotatable bonds is 4. The summed E-state index contributed by atoms with van der Waals surface area (Å²) in [5.41, 5.74) is 1.09. The van der Waals surface area contributed by atoms with Gasteiger partial charge in [-0.25, -0.2) is 4.98 Å². The zero-order chi connectivity index (χ0) is 14.0. The van der Waals surface area contributed by atoms with Crippen molar-refractivity contribution in [3.8, 4) is 0 Å². The molecule has 100 valence electrons. The van der Waals surface area contributed by atoms with Crippen LogP contribution in [0.3, 0.4) is 0 Å². The fourth-order valence-electron chi connectivity index (χ4n) is 1.62. The monoisotopic (exact) mass is 296 g/mol. The molecule has 0 atom stereocenters. The van der Waals surface area contributed by atoms with E-state index < -0.39 is 5.97 Å². The Kier molecular flexibility index (Phi) is 3.96. The number of thiazole rings is 1. The maximum Gasteiger partial charge on any atom is 0.309 e. The molecule has 7 heteroatoms. The molecule has 2 rings (SSSR count). The lowest BCUT2D eigenvalue weighted by molar-refractivity contribution is -0.136. The Morgan fingerprint density at radius 3 is 2.74 bits per heavy atom. The molecule has 0 aliphatic heterocycles. The molecule has 2 aromatic heterocycles. The summed E-state index contributed by atoms with van der Waals surface area (Å²) in [6.07, 6.45) is -0.136. The second kappa shape index (κ2) is 5.50. The van der Waals surface area contributed by atoms with Gasteiger partial charge in [0.1, 0.15) is 0 Å². The number of anilines is 1. The zero-order valence-corrected chi connectivity index (χ0v) is 12.0. The van der Waals surface area contributed by atoms with Crippen LogP contribution in [0.25, 0.3) is 0 Å². The van der Waals surface area contributed by atoms with Crippen LogP contribution in [0.4, 0.5) is 5.13 Å². The molecule has 2 aromatic rings. The van der Waals surface area contributed by atoms with Crippen LogP contribution in [0, 0.1) is 13.8 Å². The highest BCUT2D eigenvalue weighted by atomic mass is 32.1. The van der Waals surface area contributed by atoms with Crippen LogP contribution in [-0.4, -0.2) is 22.0 Å². The van der Waals surface area contributed by atoms with E-state index in [9.17, 15) is 9.59 Å². The second-order valence-electron chi connectivity index (χ2n) is 4.00. The van der Waals surface area contributed by atoms with Crippen molar-refractivity contribution in [2.75, 3.05) is 5.32 Å². The molecule has 0 bridgehead atoms. The van der Waals surface area contributed by atoms with Gasteiger partial charge in [0.25, 0.3) is 5.91 Å². The van der Waals surface area contributed by atoms with Crippen molar-refractivity contribution in [2.45, 2.75) is 20.3 Å². The lowest BCUT2D eigenvalue weighted by Crippen LogP contribution is -2.12. The molecule has 5 nitrogen and oxygen atoms in total. The summed E-state index contributed by atoms with van der Waals surface area (Å²) in [6, 6.07) is 1.83. The van der Waals surface area contributed by atoms with E-state index >= 15 is 0 Å². The van der Waals surface area contributed by atoms with Crippen LogP contribution >= 0.6 is 22.7 Å². The highest BCUT2D eigenvalue weighted by molar-refractivity contribution is 7.14. The van der Waals surface area contributed by atoms with E-state index in [0.717, 1.165) is 9.75 Å². The van der Waals surface area contributed by atoms with Gasteiger partial charge >= 0.3 is 5.97 Å². The average Bonchev–Trinajstić information content (AvgIpc) is 2.84. The minimum absolute atomic E-state index is 0.136. The molecule has 2 heterocycles. The van der Waals surface area contributed by atoms with Crippen molar-refractivity contribution in [1.29, 1.82) is 0 Å². The lowest BCUT2D eigenvalue weighted by Gasteiger charge is -2.00. The van der Waals surface area contributed by atoms with Crippen LogP contribution < -0.4 is 5.32 Å². The average molecular weight is 296 g/mol. The van der Waals surface area contributed by atoms with E-state index in [2.05, 4.69) is 10.3 Å². The number of carboxylic acid groups (broad SMARTS) is 1. The molecule has 0 radical (unpaired) electrons. The molecule has 2 N–H and O–H groups in total. The van der Waals surface area contributed by atoms with Crippen LogP contribution in [0.1, 0.15) is 25.8 Å². The van der Waals surface area contributed by atoms with Gasteiger partial charge in [-0.1, -0.05) is 0 Å². The van der Waals surface area contributed by atoms with Crippen LogP contribution in [0.5, 0.6) is 0 Å². The quantitative estimate of drug-likeness (QED) is 0.909. The van der Waals surface area contributed by atoms with Crippen molar-refractivity contribution in [2.24, 2.45) is 0 Å². The topological polar surface area (TPSA) is 79.3 Å². The fourth-order valence-corrected chi connectivity index (χ4v) is 3.25. The molecular weight excluding hydrogens is 284 g/mol. The standard InChI is InChI=1S/C12H12N2O3S2/c1-6-3-9(7(2)19-6)11(17)14-12-13-8(5-18-12)4-10(15)16/h3,5H,4H2,1-2H3,(H,15,16)(H,13,14,17). The Labute approximate surface area is 117 Å². The van der Waals surface area contributed by atoms with Crippen molar-refractivity contribution in [1.82, 2.24) is 4.98 Å². The summed E-state index contributed by atoms with van der Waals surface area (Å²) in [4.78, 5) is 28.7. The van der Waals surface area contributed by atoms with Crippen molar-refractivity contribution >= 4 is 39.7 Å². The van der Waals surface area contributed by atoms with Crippen LogP contribution in [0.15, 0.2) is 11.4 Å². The van der Waals surface area contributed by atoms with Gasteiger partial charge in [0.05, 0.1) is 17.7 Å². The maximum absolute atomic E-state index is 12.0. The molecule has 0 unspecified atom stereocenters. The van der Waals surface area contributed by atoms with E-state index in [1.54, 1.807) is 16.7 Å². The first-order valence-corrected chi connectivity index (χ1v) is 7.20. The minimum atomic E-state index is -0.938. The van der Waals surface area contributed by atoms with Gasteiger partial charge in [-0.15, -0.1) is 22.7 Å². The number of carboxylic acids is 1. The Morgan fingerprint density at radius 1 is 1.42 bits per heavy atom. The maximum atomic E-state index is 12.0. The number of thiophene rings is 1. The van der Waals surface area contributed by atoms with Crippen molar-refractivity contribution in [3.05, 3.63) is 32.5 Å². The third kappa shape index (κ3) is 3.39. The molecule has 0 aromatic carbocycles. The predicted molar refractivity (Wildman–Crippen MR) is 75.2 cm³/mol. The van der Waals surface area contributed by atoms with Gasteiger partial charge < -0.3 is 5.11 Å². The van der Waals surface area contributed by atoms with Crippen molar-refractivity contribution < 1.29 is 14.7 Å². The SMILES string of the molecule is Cc1cc(C(=O)Nc2nc(CC(=O)O)cs2)c(C)s1. The number of hydrogen-bond donors (Lipinski definition) is 2. The summed E-state index contributed by atoms with van der Waals surface area (Å²) in [5, 5.41) is 13.4. The fraction of sp³-hybridized carbons (Fsp3) is 0.250. The normalized spacial score (nSPS) is 10.4. The second-order valence-corrected chi connectivity index (χ2v) is 6.31. The number of aromatic nitrogens is 1. The number of hydrogen-bond acceptors (Lipinski definition) is 5. The molecule has 0 aliphatic rings. The third-order valence-corrected chi connectivity index (χ3v) is 4.16. The molecule has 0 aliphatic carbocycles. The van der Waals surface area contributed by atoms with Crippen LogP contribution in [0.2, 0.25) is 0 Å². The van der Waals surface area contributed by atoms with E-state index in [1.165, 1.54) is 11.3 Å². The van der Waals surface area contributed by atoms with Gasteiger partial charge in [-0.2, -0.15) is 0 Å². The number of nitrogens with one attached hydrogen (secondary N) is 1. The molecule has 19 heavy (non-hydrogen) atoms.